The van der Waals surface area contributed by atoms with Gasteiger partial charge in [-0.15, -0.1) is 0 Å². The van der Waals surface area contributed by atoms with E-state index in [1.165, 1.54) is 308 Å². The van der Waals surface area contributed by atoms with Crippen molar-refractivity contribution in [3.63, 3.8) is 0 Å². The molecule has 0 unspecified atom stereocenters. The minimum atomic E-state index is -0.149. The summed E-state index contributed by atoms with van der Waals surface area (Å²) >= 11 is 0. The highest BCUT2D eigenvalue weighted by Gasteiger charge is 2.02. The van der Waals surface area contributed by atoms with Crippen LogP contribution in [0.3, 0.4) is 0 Å². The van der Waals surface area contributed by atoms with Crippen LogP contribution >= 0.6 is 0 Å². The predicted molar refractivity (Wildman–Crippen MR) is 277 cm³/mol. The molecule has 372 valence electrons. The van der Waals surface area contributed by atoms with Crippen molar-refractivity contribution in [3.8, 4) is 0 Å². The fourth-order valence-electron chi connectivity index (χ4n) is 9.08. The van der Waals surface area contributed by atoms with Crippen LogP contribution in [0.15, 0.2) is 0 Å². The van der Waals surface area contributed by atoms with Crippen molar-refractivity contribution in [1.29, 1.82) is 0 Å². The van der Waals surface area contributed by atoms with Crippen molar-refractivity contribution >= 4 is 11.9 Å². The number of esters is 1. The lowest BCUT2D eigenvalue weighted by atomic mass is 10.0. The van der Waals surface area contributed by atoms with Gasteiger partial charge in [0.25, 0.3) is 0 Å². The van der Waals surface area contributed by atoms with E-state index in [0.717, 1.165) is 12.8 Å². The molecule has 62 heavy (non-hydrogen) atoms. The number of amides is 1. The van der Waals surface area contributed by atoms with Gasteiger partial charge in [0, 0.05) is 12.8 Å². The fourth-order valence-corrected chi connectivity index (χ4v) is 9.08. The monoisotopic (exact) mass is 876 g/mol. The van der Waals surface area contributed by atoms with Crippen molar-refractivity contribution in [2.45, 2.75) is 355 Å². The first-order chi connectivity index (χ1) is 30.6. The van der Waals surface area contributed by atoms with Gasteiger partial charge in [0.15, 0.2) is 0 Å². The Labute approximate surface area is 391 Å². The molecule has 0 saturated heterocycles. The van der Waals surface area contributed by atoms with Crippen molar-refractivity contribution in [2.75, 3.05) is 6.61 Å². The van der Waals surface area contributed by atoms with Gasteiger partial charge in [-0.3, -0.25) is 9.59 Å². The van der Waals surface area contributed by atoms with Crippen LogP contribution in [0.4, 0.5) is 0 Å². The summed E-state index contributed by atoms with van der Waals surface area (Å²) in [4.78, 5) is 21.9. The molecular weight excluding hydrogens is 759 g/mol. The van der Waals surface area contributed by atoms with E-state index < -0.39 is 0 Å². The smallest absolute Gasteiger partial charge is 0.305 e. The van der Waals surface area contributed by atoms with Gasteiger partial charge in [-0.05, 0) is 19.8 Å². The van der Waals surface area contributed by atoms with Crippen molar-refractivity contribution < 1.29 is 14.3 Å². The molecule has 2 N–H and O–H groups in total. The van der Waals surface area contributed by atoms with E-state index in [4.69, 9.17) is 10.5 Å². The Morgan fingerprint density at radius 2 is 0.419 bits per heavy atom. The first-order valence-corrected chi connectivity index (χ1v) is 29.0. The summed E-state index contributed by atoms with van der Waals surface area (Å²) in [6.07, 6.45) is 71.5. The van der Waals surface area contributed by atoms with E-state index in [-0.39, 0.29) is 11.9 Å². The molecule has 0 atom stereocenters. The normalized spacial score (nSPS) is 11.2. The number of unbranched alkanes of at least 4 members (excludes halogenated alkanes) is 48. The van der Waals surface area contributed by atoms with Crippen molar-refractivity contribution in [3.05, 3.63) is 0 Å². The van der Waals surface area contributed by atoms with Gasteiger partial charge >= 0.3 is 5.97 Å². The largest absolute Gasteiger partial charge is 0.466 e. The Kier molecular flexibility index (Phi) is 60.9. The van der Waals surface area contributed by atoms with Gasteiger partial charge < -0.3 is 10.5 Å². The average Bonchev–Trinajstić information content (AvgIpc) is 3.26. The molecule has 0 aliphatic rings. The molecule has 0 aromatic rings. The third kappa shape index (κ3) is 63.2. The minimum Gasteiger partial charge on any atom is -0.466 e. The first-order valence-electron chi connectivity index (χ1n) is 29.0. The van der Waals surface area contributed by atoms with Crippen LogP contribution in [0.1, 0.15) is 355 Å². The summed E-state index contributed by atoms with van der Waals surface area (Å²) in [5.74, 6) is -0.175. The van der Waals surface area contributed by atoms with E-state index in [0.29, 0.717) is 19.4 Å². The summed E-state index contributed by atoms with van der Waals surface area (Å²) in [6.45, 7) is 6.98. The van der Waals surface area contributed by atoms with E-state index >= 15 is 0 Å². The fraction of sp³-hybridized carbons (Fsp3) is 0.966. The molecule has 0 rings (SSSR count). The lowest BCUT2D eigenvalue weighted by Crippen LogP contribution is -2.09. The molecule has 0 heterocycles. The molecule has 0 fully saturated rings. The average molecular weight is 877 g/mol. The van der Waals surface area contributed by atoms with Crippen LogP contribution in [0.5, 0.6) is 0 Å². The zero-order valence-electron chi connectivity index (χ0n) is 43.3. The minimum absolute atomic E-state index is 0.0263. The number of primary amides is 1. The Morgan fingerprint density at radius 1 is 0.258 bits per heavy atom. The molecule has 4 nitrogen and oxygen atoms in total. The molecule has 0 aromatic heterocycles. The van der Waals surface area contributed by atoms with Gasteiger partial charge in [-0.25, -0.2) is 0 Å². The molecule has 0 radical (unpaired) electrons. The van der Waals surface area contributed by atoms with Crippen LogP contribution in [0, 0.1) is 0 Å². The zero-order valence-corrected chi connectivity index (χ0v) is 43.3. The first kappa shape index (κ1) is 63.0. The number of nitrogens with two attached hydrogens (primary N) is 1. The second-order valence-electron chi connectivity index (χ2n) is 19.7. The Morgan fingerprint density at radius 3 is 0.581 bits per heavy atom. The van der Waals surface area contributed by atoms with Crippen LogP contribution in [-0.2, 0) is 14.3 Å². The molecular formula is C58H117NO3. The summed E-state index contributed by atoms with van der Waals surface area (Å²) in [7, 11) is 0. The topological polar surface area (TPSA) is 69.4 Å². The van der Waals surface area contributed by atoms with Gasteiger partial charge in [0.2, 0.25) is 5.91 Å². The Bertz CT molecular complexity index is 815. The van der Waals surface area contributed by atoms with Crippen LogP contribution < -0.4 is 5.73 Å². The number of ether oxygens (including phenoxy) is 1. The molecule has 0 spiro atoms. The predicted octanol–water partition coefficient (Wildman–Crippen LogP) is 20.3. The van der Waals surface area contributed by atoms with Crippen LogP contribution in [0.2, 0.25) is 0 Å². The molecule has 0 saturated carbocycles. The third-order valence-corrected chi connectivity index (χ3v) is 13.3. The van der Waals surface area contributed by atoms with Crippen LogP contribution in [0.25, 0.3) is 0 Å². The molecule has 0 aliphatic carbocycles. The molecule has 4 heteroatoms. The maximum absolute atomic E-state index is 11.3. The number of carbonyl (C=O) groups excluding carboxylic acids is 2. The second-order valence-corrected chi connectivity index (χ2v) is 19.7. The SMILES string of the molecule is CCCCCCCCCCCCCCCCCCCCCCCCCCCC(=O)OCC.CCCCCCCCCCCCCCCCCCCCCCCCCCCC(N)=O. The highest BCUT2D eigenvalue weighted by atomic mass is 16.5. The standard InChI is InChI=1S/C30H60O2.C28H57NO/c1-3-5-6-7-8-9-10-11-12-13-14-15-16-17-18-19-20-21-22-23-24-25-26-27-28-29-30(31)32-4-2;1-2-3-4-5-6-7-8-9-10-11-12-13-14-15-16-17-18-19-20-21-22-23-24-25-26-27-28(29)30/h3-29H2,1-2H3;2-27H2,1H3,(H2,29,30). The van der Waals surface area contributed by atoms with E-state index in [1.807, 2.05) is 6.92 Å². The maximum atomic E-state index is 11.3. The van der Waals surface area contributed by atoms with Gasteiger partial charge in [0.05, 0.1) is 6.61 Å². The van der Waals surface area contributed by atoms with E-state index in [2.05, 4.69) is 13.8 Å². The maximum Gasteiger partial charge on any atom is 0.305 e. The zero-order chi connectivity index (χ0) is 45.3. The summed E-state index contributed by atoms with van der Waals surface area (Å²) in [6, 6.07) is 0. The van der Waals surface area contributed by atoms with E-state index in [1.54, 1.807) is 0 Å². The second kappa shape index (κ2) is 59.9. The Balaban J connectivity index is 0. The quantitative estimate of drug-likeness (QED) is 0.0489. The number of hydrogen-bond donors (Lipinski definition) is 1. The number of hydrogen-bond acceptors (Lipinski definition) is 3. The molecule has 0 aromatic carbocycles. The van der Waals surface area contributed by atoms with Gasteiger partial charge in [-0.1, -0.05) is 322 Å². The molecule has 1 amide bonds. The van der Waals surface area contributed by atoms with Crippen molar-refractivity contribution in [2.24, 2.45) is 5.73 Å². The van der Waals surface area contributed by atoms with Gasteiger partial charge in [-0.2, -0.15) is 0 Å². The lowest BCUT2D eigenvalue weighted by molar-refractivity contribution is -0.143. The molecule has 0 bridgehead atoms. The summed E-state index contributed by atoms with van der Waals surface area (Å²) in [5.41, 5.74) is 5.15. The third-order valence-electron chi connectivity index (χ3n) is 13.3. The summed E-state index contributed by atoms with van der Waals surface area (Å²) in [5, 5.41) is 0. The van der Waals surface area contributed by atoms with Gasteiger partial charge in [0.1, 0.15) is 0 Å². The highest BCUT2D eigenvalue weighted by Crippen LogP contribution is 2.18. The lowest BCUT2D eigenvalue weighted by Gasteiger charge is -2.04. The summed E-state index contributed by atoms with van der Waals surface area (Å²) < 4.78 is 4.96. The Hall–Kier alpha value is -1.06. The molecule has 0 aliphatic heterocycles. The highest BCUT2D eigenvalue weighted by molar-refractivity contribution is 5.73. The van der Waals surface area contributed by atoms with E-state index in [9.17, 15) is 9.59 Å². The number of carbonyl (C=O) groups is 2. The van der Waals surface area contributed by atoms with Crippen LogP contribution in [-0.4, -0.2) is 18.5 Å². The number of rotatable bonds is 53. The van der Waals surface area contributed by atoms with Crippen molar-refractivity contribution in [1.82, 2.24) is 0 Å².